The van der Waals surface area contributed by atoms with Gasteiger partial charge in [0.15, 0.2) is 0 Å². The summed E-state index contributed by atoms with van der Waals surface area (Å²) >= 11 is 0. The van der Waals surface area contributed by atoms with Crippen molar-refractivity contribution in [2.75, 3.05) is 20.3 Å². The van der Waals surface area contributed by atoms with E-state index in [9.17, 15) is 14.1 Å². The zero-order valence-corrected chi connectivity index (χ0v) is 21.2. The van der Waals surface area contributed by atoms with Crippen LogP contribution >= 0.6 is 0 Å². The van der Waals surface area contributed by atoms with E-state index in [1.807, 2.05) is 0 Å². The van der Waals surface area contributed by atoms with Crippen molar-refractivity contribution in [3.63, 3.8) is 0 Å². The molecular weight excluding hydrogens is 457 g/mol. The molecule has 4 aliphatic rings. The minimum atomic E-state index is -0.444. The minimum Gasteiger partial charge on any atom is -0.443 e. The Labute approximate surface area is 206 Å². The van der Waals surface area contributed by atoms with E-state index in [2.05, 4.69) is 37.5 Å². The van der Waals surface area contributed by atoms with Gasteiger partial charge in [-0.1, -0.05) is 11.6 Å². The molecule has 2 aliphatic carbocycles. The molecule has 0 radical (unpaired) electrons. The van der Waals surface area contributed by atoms with Crippen molar-refractivity contribution in [1.29, 1.82) is 0 Å². The molecule has 4 unspecified atom stereocenters. The third-order valence-electron chi connectivity index (χ3n) is 8.14. The summed E-state index contributed by atoms with van der Waals surface area (Å²) in [5, 5.41) is 5.79. The largest absolute Gasteiger partial charge is 0.443 e. The fraction of sp³-hybridized carbons (Fsp3) is 0.840. The van der Waals surface area contributed by atoms with Gasteiger partial charge >= 0.3 is 6.09 Å². The molecule has 0 aromatic carbocycles. The van der Waals surface area contributed by atoms with E-state index in [-0.39, 0.29) is 60.0 Å². The number of epoxide rings is 2. The first kappa shape index (κ1) is 26.3. The number of allylic oxidation sites excluding steroid dienone is 1. The van der Waals surface area contributed by atoms with Crippen LogP contribution in [0, 0.1) is 5.92 Å². The number of hydrogen-bond acceptors (Lipinski definition) is 7. The first-order valence-corrected chi connectivity index (χ1v) is 12.8. The molecule has 6 atom stereocenters. The fourth-order valence-corrected chi connectivity index (χ4v) is 6.13. The Balaban J connectivity index is 1.30. The van der Waals surface area contributed by atoms with E-state index in [0.29, 0.717) is 13.0 Å². The van der Waals surface area contributed by atoms with Gasteiger partial charge in [0.25, 0.3) is 0 Å². The predicted octanol–water partition coefficient (Wildman–Crippen LogP) is 2.69. The number of carbonyl (C=O) groups is 2. The Morgan fingerprint density at radius 2 is 1.77 bits per heavy atom. The predicted molar refractivity (Wildman–Crippen MR) is 126 cm³/mol. The number of amides is 2. The summed E-state index contributed by atoms with van der Waals surface area (Å²) in [7, 11) is 1.66. The smallest absolute Gasteiger partial charge is 0.407 e. The molecule has 0 aromatic rings. The summed E-state index contributed by atoms with van der Waals surface area (Å²) in [6.07, 6.45) is 6.38. The number of halogens is 1. The van der Waals surface area contributed by atoms with Gasteiger partial charge in [-0.25, -0.2) is 4.79 Å². The van der Waals surface area contributed by atoms with Gasteiger partial charge in [0.05, 0.1) is 18.6 Å². The fourth-order valence-electron chi connectivity index (χ4n) is 6.13. The summed E-state index contributed by atoms with van der Waals surface area (Å²) in [4.78, 5) is 24.4. The lowest BCUT2D eigenvalue weighted by atomic mass is 9.68. The molecule has 2 saturated heterocycles. The molecule has 2 amide bonds. The highest BCUT2D eigenvalue weighted by Crippen LogP contribution is 2.59. The Morgan fingerprint density at radius 1 is 1.11 bits per heavy atom. The summed E-state index contributed by atoms with van der Waals surface area (Å²) < 4.78 is 36.1. The van der Waals surface area contributed by atoms with Crippen molar-refractivity contribution in [3.8, 4) is 0 Å². The zero-order chi connectivity index (χ0) is 25.2. The molecule has 10 heteroatoms. The average Bonchev–Trinajstić information content (AvgIpc) is 3.72. The van der Waals surface area contributed by atoms with E-state index in [1.54, 1.807) is 7.11 Å². The van der Waals surface area contributed by atoms with Crippen LogP contribution in [-0.4, -0.2) is 73.9 Å². The molecule has 3 N–H and O–H groups in total. The second-order valence-corrected chi connectivity index (χ2v) is 10.9. The number of methoxy groups -OCH3 is 1. The number of rotatable bonds is 9. The SMILES string of the molecule is COC1C(OC(=O)NC2CCC(NC(=O)CNF)CC2)CCC2(CO2)C1[C@]1(C)O[C@@H]1CC=C(C)C. The van der Waals surface area contributed by atoms with Crippen molar-refractivity contribution in [1.82, 2.24) is 16.2 Å². The molecule has 4 rings (SSSR count). The normalized spacial score (nSPS) is 40.0. The molecule has 2 saturated carbocycles. The Kier molecular flexibility index (Phi) is 8.05. The molecule has 0 bridgehead atoms. The van der Waals surface area contributed by atoms with Gasteiger partial charge < -0.3 is 29.6 Å². The highest BCUT2D eigenvalue weighted by molar-refractivity contribution is 5.78. The summed E-state index contributed by atoms with van der Waals surface area (Å²) in [5.41, 5.74) is 1.99. The molecule has 2 heterocycles. The maximum absolute atomic E-state index is 12.8. The molecule has 9 nitrogen and oxygen atoms in total. The van der Waals surface area contributed by atoms with Crippen LogP contribution in [0.25, 0.3) is 0 Å². The number of carbonyl (C=O) groups excluding carboxylic acids is 2. The first-order chi connectivity index (χ1) is 16.7. The summed E-state index contributed by atoms with van der Waals surface area (Å²) in [6, 6.07) is -0.0265. The molecule has 35 heavy (non-hydrogen) atoms. The second kappa shape index (κ2) is 10.7. The zero-order valence-electron chi connectivity index (χ0n) is 21.2. The summed E-state index contributed by atoms with van der Waals surface area (Å²) in [6.45, 7) is 6.63. The van der Waals surface area contributed by atoms with E-state index >= 15 is 0 Å². The number of ether oxygens (including phenoxy) is 4. The lowest BCUT2D eigenvalue weighted by Crippen LogP contribution is -2.56. The van der Waals surface area contributed by atoms with Crippen molar-refractivity contribution in [2.45, 2.75) is 107 Å². The second-order valence-electron chi connectivity index (χ2n) is 10.9. The molecule has 2 aliphatic heterocycles. The lowest BCUT2D eigenvalue weighted by Gasteiger charge is -2.42. The van der Waals surface area contributed by atoms with Gasteiger partial charge in [0.1, 0.15) is 30.0 Å². The highest BCUT2D eigenvalue weighted by Gasteiger charge is 2.72. The molecule has 1 spiro atoms. The number of alkyl carbamates (subject to hydrolysis) is 1. The van der Waals surface area contributed by atoms with Gasteiger partial charge in [-0.2, -0.15) is 0 Å². The van der Waals surface area contributed by atoms with Crippen LogP contribution in [-0.2, 0) is 23.7 Å². The maximum Gasteiger partial charge on any atom is 0.407 e. The highest BCUT2D eigenvalue weighted by atomic mass is 19.2. The van der Waals surface area contributed by atoms with Crippen molar-refractivity contribution in [2.24, 2.45) is 5.92 Å². The van der Waals surface area contributed by atoms with Gasteiger partial charge in [-0.3, -0.25) is 4.79 Å². The van der Waals surface area contributed by atoms with Crippen molar-refractivity contribution < 1.29 is 33.0 Å². The number of nitrogens with one attached hydrogen (secondary N) is 3. The Hall–Kier alpha value is -1.75. The van der Waals surface area contributed by atoms with Crippen LogP contribution in [0.4, 0.5) is 9.28 Å². The monoisotopic (exact) mass is 497 g/mol. The minimum absolute atomic E-state index is 0.00445. The molecule has 198 valence electrons. The van der Waals surface area contributed by atoms with E-state index in [4.69, 9.17) is 18.9 Å². The number of hydrogen-bond donors (Lipinski definition) is 3. The van der Waals surface area contributed by atoms with Crippen LogP contribution in [0.3, 0.4) is 0 Å². The van der Waals surface area contributed by atoms with Crippen molar-refractivity contribution >= 4 is 12.0 Å². The van der Waals surface area contributed by atoms with Crippen LogP contribution in [0.2, 0.25) is 0 Å². The quantitative estimate of drug-likeness (QED) is 0.255. The molecular formula is C25H40FN3O6. The van der Waals surface area contributed by atoms with Gasteiger partial charge in [0.2, 0.25) is 5.91 Å². The van der Waals surface area contributed by atoms with Crippen LogP contribution < -0.4 is 16.2 Å². The molecule has 0 aromatic heterocycles. The molecule has 4 fully saturated rings. The first-order valence-electron chi connectivity index (χ1n) is 12.8. The van der Waals surface area contributed by atoms with Gasteiger partial charge in [-0.05, 0) is 65.7 Å². The Morgan fingerprint density at radius 3 is 2.34 bits per heavy atom. The average molecular weight is 498 g/mol. The standard InChI is InChI=1S/C25H40FN3O6/c1-15(2)5-10-19-24(3,35-19)22-21(32-4)18(11-12-25(22)14-33-25)34-23(31)29-17-8-6-16(7-9-17)28-20(30)13-27-26/h5,16-19,21-22,27H,6-14H2,1-4H3,(H,28,30)(H,29,31)/t16?,17?,18?,19-,21?,22?,24-,25?/m1/s1. The third kappa shape index (κ3) is 5.98. The van der Waals surface area contributed by atoms with E-state index < -0.39 is 6.09 Å². The Bertz CT molecular complexity index is 809. The van der Waals surface area contributed by atoms with Gasteiger partial charge in [0, 0.05) is 19.2 Å². The topological polar surface area (TPSA) is 114 Å². The van der Waals surface area contributed by atoms with E-state index in [0.717, 1.165) is 38.5 Å². The van der Waals surface area contributed by atoms with Crippen LogP contribution in [0.1, 0.15) is 65.7 Å². The van der Waals surface area contributed by atoms with E-state index in [1.165, 1.54) is 11.1 Å². The third-order valence-corrected chi connectivity index (χ3v) is 8.14. The van der Waals surface area contributed by atoms with Crippen LogP contribution in [0.5, 0.6) is 0 Å². The lowest BCUT2D eigenvalue weighted by molar-refractivity contribution is -0.121. The summed E-state index contributed by atoms with van der Waals surface area (Å²) in [5.74, 6) is -0.380. The van der Waals surface area contributed by atoms with Gasteiger partial charge in [-0.15, -0.1) is 10.0 Å². The van der Waals surface area contributed by atoms with Crippen molar-refractivity contribution in [3.05, 3.63) is 11.6 Å². The maximum atomic E-state index is 12.8. The van der Waals surface area contributed by atoms with Crippen LogP contribution in [0.15, 0.2) is 11.6 Å².